The van der Waals surface area contributed by atoms with Crippen LogP contribution in [0.15, 0.2) is 66.0 Å². The molecule has 3 aromatic rings. The topological polar surface area (TPSA) is 76.3 Å². The molecule has 2 heterocycles. The third-order valence-electron chi connectivity index (χ3n) is 4.82. The molecule has 1 aliphatic rings. The van der Waals surface area contributed by atoms with E-state index in [-0.39, 0.29) is 11.6 Å². The first-order valence-corrected chi connectivity index (χ1v) is 9.70. The van der Waals surface area contributed by atoms with Crippen LogP contribution in [0, 0.1) is 5.92 Å². The average Bonchev–Trinajstić information content (AvgIpc) is 3.12. The lowest BCUT2D eigenvalue weighted by Crippen LogP contribution is -2.22. The van der Waals surface area contributed by atoms with Crippen LogP contribution in [0.25, 0.3) is 0 Å². The second kappa shape index (κ2) is 8.41. The lowest BCUT2D eigenvalue weighted by molar-refractivity contribution is -0.117. The molecule has 1 aromatic heterocycles. The molecule has 4 rings (SSSR count). The number of benzene rings is 2. The smallest absolute Gasteiger partial charge is 0.296 e. The SMILES string of the molecule is O=C(N=CC1CCc2ccc(Cl)cc2NC1=O)c1cn(Cc2ccccc2)cn1. The Morgan fingerprint density at radius 1 is 1.28 bits per heavy atom. The summed E-state index contributed by atoms with van der Waals surface area (Å²) in [6.07, 6.45) is 5.95. The number of aromatic nitrogens is 2. The van der Waals surface area contributed by atoms with Crippen LogP contribution in [0.5, 0.6) is 0 Å². The van der Waals surface area contributed by atoms with E-state index in [9.17, 15) is 9.59 Å². The Morgan fingerprint density at radius 3 is 2.93 bits per heavy atom. The Morgan fingerprint density at radius 2 is 2.10 bits per heavy atom. The number of halogens is 1. The van der Waals surface area contributed by atoms with Crippen LogP contribution < -0.4 is 5.32 Å². The van der Waals surface area contributed by atoms with E-state index in [4.69, 9.17) is 11.6 Å². The highest BCUT2D eigenvalue weighted by Crippen LogP contribution is 2.27. The highest BCUT2D eigenvalue weighted by molar-refractivity contribution is 6.31. The second-order valence-electron chi connectivity index (χ2n) is 6.94. The van der Waals surface area contributed by atoms with Crippen molar-refractivity contribution in [3.8, 4) is 0 Å². The first-order chi connectivity index (χ1) is 14.1. The molecular weight excluding hydrogens is 388 g/mol. The van der Waals surface area contributed by atoms with Gasteiger partial charge in [0.15, 0.2) is 0 Å². The molecule has 1 atom stereocenters. The minimum Gasteiger partial charge on any atom is -0.332 e. The first-order valence-electron chi connectivity index (χ1n) is 9.32. The van der Waals surface area contributed by atoms with Crippen molar-refractivity contribution in [2.75, 3.05) is 5.32 Å². The molecule has 146 valence electrons. The predicted molar refractivity (Wildman–Crippen MR) is 112 cm³/mol. The maximum absolute atomic E-state index is 12.5. The van der Waals surface area contributed by atoms with E-state index >= 15 is 0 Å². The molecule has 0 saturated heterocycles. The van der Waals surface area contributed by atoms with Gasteiger partial charge in [0.1, 0.15) is 5.69 Å². The molecule has 6 nitrogen and oxygen atoms in total. The number of carbonyl (C=O) groups excluding carboxylic acids is 2. The Labute approximate surface area is 173 Å². The van der Waals surface area contributed by atoms with Crippen molar-refractivity contribution in [2.45, 2.75) is 19.4 Å². The van der Waals surface area contributed by atoms with Crippen molar-refractivity contribution in [1.29, 1.82) is 0 Å². The number of imidazole rings is 1. The second-order valence-corrected chi connectivity index (χ2v) is 7.37. The van der Waals surface area contributed by atoms with E-state index in [0.717, 1.165) is 11.1 Å². The standard InChI is InChI=1S/C22H19ClN4O2/c23-18-9-8-16-6-7-17(21(28)26-19(16)10-18)11-24-22(29)20-13-27(14-25-20)12-15-4-2-1-3-5-15/h1-5,8-11,13-14,17H,6-7,12H2,(H,26,28). The lowest BCUT2D eigenvalue weighted by atomic mass is 10.0. The Kier molecular flexibility index (Phi) is 5.53. The molecule has 1 unspecified atom stereocenters. The van der Waals surface area contributed by atoms with Crippen molar-refractivity contribution in [2.24, 2.45) is 10.9 Å². The van der Waals surface area contributed by atoms with Crippen molar-refractivity contribution in [3.63, 3.8) is 0 Å². The number of aliphatic imine (C=N–C) groups is 1. The Hall–Kier alpha value is -3.25. The van der Waals surface area contributed by atoms with E-state index in [2.05, 4.69) is 15.3 Å². The molecule has 0 aliphatic carbocycles. The Bertz CT molecular complexity index is 1080. The van der Waals surface area contributed by atoms with Gasteiger partial charge in [-0.15, -0.1) is 0 Å². The molecule has 0 bridgehead atoms. The summed E-state index contributed by atoms with van der Waals surface area (Å²) in [5.74, 6) is -1.15. The zero-order valence-electron chi connectivity index (χ0n) is 15.6. The first kappa shape index (κ1) is 19.1. The number of rotatable bonds is 4. The van der Waals surface area contributed by atoms with E-state index < -0.39 is 11.8 Å². The van der Waals surface area contributed by atoms with Gasteiger partial charge in [0, 0.05) is 29.7 Å². The largest absolute Gasteiger partial charge is 0.332 e. The summed E-state index contributed by atoms with van der Waals surface area (Å²) in [5, 5.41) is 3.43. The monoisotopic (exact) mass is 406 g/mol. The number of nitrogens with one attached hydrogen (secondary N) is 1. The van der Waals surface area contributed by atoms with Crippen LogP contribution in [0.2, 0.25) is 5.02 Å². The van der Waals surface area contributed by atoms with Crippen molar-refractivity contribution < 1.29 is 9.59 Å². The fraction of sp³-hybridized carbons (Fsp3) is 0.182. The van der Waals surface area contributed by atoms with Crippen LogP contribution in [0.3, 0.4) is 0 Å². The van der Waals surface area contributed by atoms with Gasteiger partial charge in [-0.1, -0.05) is 48.0 Å². The molecule has 1 N–H and O–H groups in total. The van der Waals surface area contributed by atoms with Gasteiger partial charge in [-0.05, 0) is 36.1 Å². The maximum Gasteiger partial charge on any atom is 0.296 e. The fourth-order valence-electron chi connectivity index (χ4n) is 3.27. The number of hydrogen-bond donors (Lipinski definition) is 1. The van der Waals surface area contributed by atoms with Crippen molar-refractivity contribution in [3.05, 3.63) is 82.9 Å². The summed E-state index contributed by atoms with van der Waals surface area (Å²) in [4.78, 5) is 33.0. The molecule has 7 heteroatoms. The molecule has 1 aliphatic heterocycles. The molecule has 2 aromatic carbocycles. The maximum atomic E-state index is 12.5. The molecule has 2 amide bonds. The highest BCUT2D eigenvalue weighted by atomic mass is 35.5. The number of carbonyl (C=O) groups is 2. The van der Waals surface area contributed by atoms with E-state index in [1.165, 1.54) is 6.21 Å². The van der Waals surface area contributed by atoms with Crippen molar-refractivity contribution in [1.82, 2.24) is 9.55 Å². The van der Waals surface area contributed by atoms with E-state index in [1.807, 2.05) is 41.0 Å². The van der Waals surface area contributed by atoms with E-state index in [0.29, 0.717) is 30.1 Å². The molecule has 29 heavy (non-hydrogen) atoms. The van der Waals surface area contributed by atoms with Gasteiger partial charge in [0.25, 0.3) is 5.91 Å². The van der Waals surface area contributed by atoms with E-state index in [1.54, 1.807) is 24.7 Å². The normalized spacial score (nSPS) is 16.3. The zero-order chi connectivity index (χ0) is 20.2. The van der Waals surface area contributed by atoms with Crippen molar-refractivity contribution >= 4 is 35.3 Å². The quantitative estimate of drug-likeness (QED) is 0.665. The van der Waals surface area contributed by atoms with Gasteiger partial charge in [-0.2, -0.15) is 0 Å². The van der Waals surface area contributed by atoms with Gasteiger partial charge in [-0.3, -0.25) is 9.59 Å². The van der Waals surface area contributed by atoms with Gasteiger partial charge in [0.05, 0.1) is 12.2 Å². The Balaban J connectivity index is 1.41. The van der Waals surface area contributed by atoms with Gasteiger partial charge < -0.3 is 9.88 Å². The van der Waals surface area contributed by atoms with Gasteiger partial charge in [0.2, 0.25) is 5.91 Å². The van der Waals surface area contributed by atoms with Gasteiger partial charge in [-0.25, -0.2) is 9.98 Å². The number of nitrogens with zero attached hydrogens (tertiary/aromatic N) is 3. The zero-order valence-corrected chi connectivity index (χ0v) is 16.3. The van der Waals surface area contributed by atoms with Crippen LogP contribution in [-0.2, 0) is 17.8 Å². The number of hydrogen-bond acceptors (Lipinski definition) is 3. The summed E-state index contributed by atoms with van der Waals surface area (Å²) in [7, 11) is 0. The molecule has 0 spiro atoms. The highest BCUT2D eigenvalue weighted by Gasteiger charge is 2.22. The van der Waals surface area contributed by atoms with Crippen LogP contribution >= 0.6 is 11.6 Å². The molecule has 0 radical (unpaired) electrons. The van der Waals surface area contributed by atoms with Gasteiger partial charge >= 0.3 is 0 Å². The number of anilines is 1. The average molecular weight is 407 g/mol. The molecular formula is C22H19ClN4O2. The van der Waals surface area contributed by atoms with Crippen LogP contribution in [0.4, 0.5) is 5.69 Å². The summed E-state index contributed by atoms with van der Waals surface area (Å²) in [6.45, 7) is 0.622. The number of aryl methyl sites for hydroxylation is 1. The summed E-state index contributed by atoms with van der Waals surface area (Å²) >= 11 is 6.01. The third kappa shape index (κ3) is 4.60. The lowest BCUT2D eigenvalue weighted by Gasteiger charge is -2.07. The predicted octanol–water partition coefficient (Wildman–Crippen LogP) is 4.00. The molecule has 0 saturated carbocycles. The summed E-state index contributed by atoms with van der Waals surface area (Å²) in [6, 6.07) is 15.3. The number of amides is 2. The minimum absolute atomic E-state index is 0.197. The minimum atomic E-state index is -0.489. The third-order valence-corrected chi connectivity index (χ3v) is 5.06. The summed E-state index contributed by atoms with van der Waals surface area (Å²) < 4.78 is 1.83. The number of fused-ring (bicyclic) bond motifs is 1. The molecule has 0 fully saturated rings. The van der Waals surface area contributed by atoms with Crippen LogP contribution in [-0.4, -0.2) is 27.6 Å². The summed E-state index contributed by atoms with van der Waals surface area (Å²) in [5.41, 5.74) is 3.09. The van der Waals surface area contributed by atoms with Crippen LogP contribution in [0.1, 0.15) is 28.0 Å². The fourth-order valence-corrected chi connectivity index (χ4v) is 3.44.